The second kappa shape index (κ2) is 7.21. The first-order valence-corrected chi connectivity index (χ1v) is 7.90. The van der Waals surface area contributed by atoms with Gasteiger partial charge < -0.3 is 10.1 Å². The molecule has 0 atom stereocenters. The number of rotatable bonds is 5. The van der Waals surface area contributed by atoms with E-state index in [2.05, 4.69) is 20.8 Å². The number of amides is 1. The van der Waals surface area contributed by atoms with Crippen LogP contribution in [0.4, 0.5) is 5.69 Å². The topological polar surface area (TPSA) is 81.9 Å². The second-order valence-corrected chi connectivity index (χ2v) is 5.97. The maximum atomic E-state index is 12.4. The summed E-state index contributed by atoms with van der Waals surface area (Å²) in [7, 11) is 1.62. The monoisotopic (exact) mass is 315 g/mol. The summed E-state index contributed by atoms with van der Waals surface area (Å²) in [6.07, 6.45) is 5.50. The molecule has 1 heterocycles. The quantitative estimate of drug-likeness (QED) is 0.914. The van der Waals surface area contributed by atoms with E-state index in [0.29, 0.717) is 5.92 Å². The van der Waals surface area contributed by atoms with Gasteiger partial charge in [0.1, 0.15) is 12.1 Å². The number of nitrogens with zero attached hydrogens (tertiary/aromatic N) is 4. The van der Waals surface area contributed by atoms with Crippen molar-refractivity contribution in [3.63, 3.8) is 0 Å². The Hall–Kier alpha value is -2.44. The van der Waals surface area contributed by atoms with E-state index in [0.717, 1.165) is 43.7 Å². The minimum atomic E-state index is 0.0753. The Labute approximate surface area is 135 Å². The van der Waals surface area contributed by atoms with Crippen molar-refractivity contribution in [3.8, 4) is 5.75 Å². The number of nitrogens with one attached hydrogen (secondary N) is 1. The van der Waals surface area contributed by atoms with Gasteiger partial charge >= 0.3 is 0 Å². The summed E-state index contributed by atoms with van der Waals surface area (Å²) in [4.78, 5) is 12.4. The molecule has 1 fully saturated rings. The normalized spacial score (nSPS) is 20.9. The molecular formula is C16H21N5O2. The number of tetrazole rings is 1. The number of hydrogen-bond acceptors (Lipinski definition) is 5. The van der Waals surface area contributed by atoms with Gasteiger partial charge in [0.15, 0.2) is 0 Å². The second-order valence-electron chi connectivity index (χ2n) is 5.97. The smallest absolute Gasteiger partial charge is 0.227 e. The molecule has 1 aliphatic rings. The summed E-state index contributed by atoms with van der Waals surface area (Å²) < 4.78 is 6.94. The van der Waals surface area contributed by atoms with Crippen molar-refractivity contribution in [1.82, 2.24) is 20.2 Å². The lowest BCUT2D eigenvalue weighted by Crippen LogP contribution is -2.28. The molecule has 1 saturated carbocycles. The van der Waals surface area contributed by atoms with E-state index in [1.165, 1.54) is 0 Å². The van der Waals surface area contributed by atoms with Crippen LogP contribution in [-0.4, -0.2) is 33.2 Å². The van der Waals surface area contributed by atoms with Crippen LogP contribution in [0.5, 0.6) is 5.75 Å². The minimum absolute atomic E-state index is 0.0753. The number of hydrogen-bond donors (Lipinski definition) is 1. The molecule has 23 heavy (non-hydrogen) atoms. The average Bonchev–Trinajstić information content (AvgIpc) is 3.08. The summed E-state index contributed by atoms with van der Waals surface area (Å²) in [5.41, 5.74) is 0.783. The number of ether oxygens (including phenoxy) is 1. The number of carbonyl (C=O) groups excluding carboxylic acids is 1. The highest BCUT2D eigenvalue weighted by atomic mass is 16.5. The third kappa shape index (κ3) is 4.06. The van der Waals surface area contributed by atoms with Crippen molar-refractivity contribution in [2.24, 2.45) is 11.8 Å². The van der Waals surface area contributed by atoms with Crippen molar-refractivity contribution in [2.75, 3.05) is 12.4 Å². The van der Waals surface area contributed by atoms with Gasteiger partial charge in [-0.15, -0.1) is 5.10 Å². The molecule has 122 valence electrons. The molecule has 7 nitrogen and oxygen atoms in total. The molecule has 3 rings (SSSR count). The summed E-state index contributed by atoms with van der Waals surface area (Å²) in [5, 5.41) is 14.2. The van der Waals surface area contributed by atoms with Gasteiger partial charge in [-0.3, -0.25) is 4.79 Å². The third-order valence-corrected chi connectivity index (χ3v) is 4.39. The van der Waals surface area contributed by atoms with E-state index >= 15 is 0 Å². The van der Waals surface area contributed by atoms with Gasteiger partial charge in [0.05, 0.1) is 7.11 Å². The zero-order valence-electron chi connectivity index (χ0n) is 13.2. The first kappa shape index (κ1) is 15.5. The predicted molar refractivity (Wildman–Crippen MR) is 84.9 cm³/mol. The van der Waals surface area contributed by atoms with Gasteiger partial charge in [-0.25, -0.2) is 4.68 Å². The summed E-state index contributed by atoms with van der Waals surface area (Å²) in [6.45, 7) is 0.831. The van der Waals surface area contributed by atoms with E-state index in [9.17, 15) is 4.79 Å². The van der Waals surface area contributed by atoms with Crippen LogP contribution in [-0.2, 0) is 11.3 Å². The fourth-order valence-electron chi connectivity index (χ4n) is 3.08. The molecule has 1 aromatic carbocycles. The fraction of sp³-hybridized carbons (Fsp3) is 0.500. The lowest BCUT2D eigenvalue weighted by molar-refractivity contribution is -0.121. The molecule has 0 saturated heterocycles. The summed E-state index contributed by atoms with van der Waals surface area (Å²) in [5.74, 6) is 1.46. The van der Waals surface area contributed by atoms with Crippen LogP contribution in [0.15, 0.2) is 30.6 Å². The largest absolute Gasteiger partial charge is 0.497 e. The fourth-order valence-corrected chi connectivity index (χ4v) is 3.08. The molecule has 1 amide bonds. The summed E-state index contributed by atoms with van der Waals surface area (Å²) in [6, 6.07) is 7.45. The van der Waals surface area contributed by atoms with Crippen molar-refractivity contribution in [1.29, 1.82) is 0 Å². The molecule has 1 aliphatic carbocycles. The van der Waals surface area contributed by atoms with Gasteiger partial charge in [-0.05, 0) is 54.2 Å². The van der Waals surface area contributed by atoms with E-state index in [1.54, 1.807) is 18.1 Å². The number of aromatic nitrogens is 4. The maximum Gasteiger partial charge on any atom is 0.227 e. The van der Waals surface area contributed by atoms with Crippen LogP contribution < -0.4 is 10.1 Å². The molecule has 0 spiro atoms. The first-order chi connectivity index (χ1) is 11.2. The molecule has 0 bridgehead atoms. The predicted octanol–water partition coefficient (Wildman–Crippen LogP) is 2.13. The SMILES string of the molecule is COc1cccc(NC(=O)C2CCC(Cn3cnnn3)CC2)c1. The van der Waals surface area contributed by atoms with E-state index in [4.69, 9.17) is 4.74 Å². The Kier molecular flexibility index (Phi) is 4.85. The summed E-state index contributed by atoms with van der Waals surface area (Å²) >= 11 is 0. The Morgan fingerprint density at radius 2 is 2.17 bits per heavy atom. The Balaban J connectivity index is 1.49. The van der Waals surface area contributed by atoms with Crippen LogP contribution in [0.2, 0.25) is 0 Å². The lowest BCUT2D eigenvalue weighted by atomic mass is 9.81. The highest BCUT2D eigenvalue weighted by molar-refractivity contribution is 5.92. The van der Waals surface area contributed by atoms with Crippen LogP contribution in [0, 0.1) is 11.8 Å². The van der Waals surface area contributed by atoms with Gasteiger partial charge in [0.2, 0.25) is 5.91 Å². The molecule has 2 aromatic rings. The molecule has 1 N–H and O–H groups in total. The minimum Gasteiger partial charge on any atom is -0.497 e. The molecule has 0 radical (unpaired) electrons. The van der Waals surface area contributed by atoms with Gasteiger partial charge in [-0.1, -0.05) is 6.07 Å². The number of carbonyl (C=O) groups is 1. The van der Waals surface area contributed by atoms with Crippen LogP contribution in [0.3, 0.4) is 0 Å². The highest BCUT2D eigenvalue weighted by Gasteiger charge is 2.26. The van der Waals surface area contributed by atoms with Gasteiger partial charge in [0, 0.05) is 24.2 Å². The zero-order chi connectivity index (χ0) is 16.1. The molecule has 1 aromatic heterocycles. The highest BCUT2D eigenvalue weighted by Crippen LogP contribution is 2.30. The van der Waals surface area contributed by atoms with Crippen LogP contribution in [0.1, 0.15) is 25.7 Å². The lowest BCUT2D eigenvalue weighted by Gasteiger charge is -2.27. The molecular weight excluding hydrogens is 294 g/mol. The van der Waals surface area contributed by atoms with Crippen molar-refractivity contribution in [3.05, 3.63) is 30.6 Å². The molecule has 0 unspecified atom stereocenters. The van der Waals surface area contributed by atoms with Crippen LogP contribution in [0.25, 0.3) is 0 Å². The molecule has 0 aliphatic heterocycles. The third-order valence-electron chi connectivity index (χ3n) is 4.39. The number of anilines is 1. The van der Waals surface area contributed by atoms with Gasteiger partial charge in [0.25, 0.3) is 0 Å². The zero-order valence-corrected chi connectivity index (χ0v) is 13.2. The standard InChI is InChI=1S/C16H21N5O2/c1-23-15-4-2-3-14(9-15)18-16(22)13-7-5-12(6-8-13)10-21-11-17-19-20-21/h2-4,9,11-13H,5-8,10H2,1H3,(H,18,22). The number of benzene rings is 1. The Bertz CT molecular complexity index is 636. The van der Waals surface area contributed by atoms with E-state index < -0.39 is 0 Å². The average molecular weight is 315 g/mol. The van der Waals surface area contributed by atoms with Crippen LogP contribution >= 0.6 is 0 Å². The van der Waals surface area contributed by atoms with E-state index in [-0.39, 0.29) is 11.8 Å². The first-order valence-electron chi connectivity index (χ1n) is 7.90. The Morgan fingerprint density at radius 3 is 2.87 bits per heavy atom. The van der Waals surface area contributed by atoms with Crippen molar-refractivity contribution in [2.45, 2.75) is 32.2 Å². The maximum absolute atomic E-state index is 12.4. The molecule has 7 heteroatoms. The Morgan fingerprint density at radius 1 is 1.35 bits per heavy atom. The van der Waals surface area contributed by atoms with E-state index in [1.807, 2.05) is 24.3 Å². The van der Waals surface area contributed by atoms with Crippen molar-refractivity contribution >= 4 is 11.6 Å². The van der Waals surface area contributed by atoms with Crippen molar-refractivity contribution < 1.29 is 9.53 Å². The van der Waals surface area contributed by atoms with Gasteiger partial charge in [-0.2, -0.15) is 0 Å². The number of methoxy groups -OCH3 is 1.